The summed E-state index contributed by atoms with van der Waals surface area (Å²) in [6.45, 7) is 7.64. The number of rotatable bonds is 3. The molecule has 20 heavy (non-hydrogen) atoms. The number of hydrogen-bond acceptors (Lipinski definition) is 2. The smallest absolute Gasteiger partial charge is 0.0465 e. The van der Waals surface area contributed by atoms with Crippen LogP contribution >= 0.6 is 23.2 Å². The van der Waals surface area contributed by atoms with E-state index in [1.165, 1.54) is 18.4 Å². The first kappa shape index (κ1) is 14.6. The molecule has 110 valence electrons. The van der Waals surface area contributed by atoms with E-state index in [9.17, 15) is 0 Å². The van der Waals surface area contributed by atoms with Gasteiger partial charge in [-0.1, -0.05) is 29.3 Å². The fourth-order valence-electron chi connectivity index (χ4n) is 2.99. The molecule has 2 fully saturated rings. The molecule has 0 spiro atoms. The second-order valence-corrected chi connectivity index (χ2v) is 7.60. The van der Waals surface area contributed by atoms with Crippen molar-refractivity contribution < 1.29 is 0 Å². The quantitative estimate of drug-likeness (QED) is 0.909. The van der Waals surface area contributed by atoms with E-state index in [0.717, 1.165) is 30.6 Å². The molecule has 0 radical (unpaired) electrons. The second-order valence-electron chi connectivity index (χ2n) is 6.75. The first-order valence-electron chi connectivity index (χ1n) is 7.38. The van der Waals surface area contributed by atoms with Gasteiger partial charge in [0.1, 0.15) is 0 Å². The Kier molecular flexibility index (Phi) is 4.02. The molecule has 0 bridgehead atoms. The van der Waals surface area contributed by atoms with Crippen molar-refractivity contribution in [2.45, 2.75) is 44.8 Å². The van der Waals surface area contributed by atoms with Gasteiger partial charge in [0.2, 0.25) is 0 Å². The van der Waals surface area contributed by atoms with Crippen molar-refractivity contribution in [3.8, 4) is 0 Å². The van der Waals surface area contributed by atoms with E-state index < -0.39 is 0 Å². The molecule has 3 rings (SSSR count). The molecule has 0 amide bonds. The standard InChI is InChI=1S/C16H22Cl2N2/c1-16(2)10-19-15(11-3-4-11)9-20(16)8-12-5-6-13(17)7-14(12)18/h5-7,11,15,19H,3-4,8-10H2,1-2H3. The molecule has 1 aromatic carbocycles. The molecule has 1 aliphatic carbocycles. The summed E-state index contributed by atoms with van der Waals surface area (Å²) in [5, 5.41) is 5.19. The highest BCUT2D eigenvalue weighted by Gasteiger charge is 2.40. The number of halogens is 2. The van der Waals surface area contributed by atoms with E-state index >= 15 is 0 Å². The van der Waals surface area contributed by atoms with Gasteiger partial charge in [-0.15, -0.1) is 0 Å². The first-order chi connectivity index (χ1) is 9.45. The van der Waals surface area contributed by atoms with Gasteiger partial charge in [0, 0.05) is 41.3 Å². The Hall–Kier alpha value is -0.280. The van der Waals surface area contributed by atoms with Crippen molar-refractivity contribution in [3.05, 3.63) is 33.8 Å². The van der Waals surface area contributed by atoms with Crippen LogP contribution < -0.4 is 5.32 Å². The van der Waals surface area contributed by atoms with Gasteiger partial charge in [-0.25, -0.2) is 0 Å². The highest BCUT2D eigenvalue weighted by atomic mass is 35.5. The van der Waals surface area contributed by atoms with E-state index in [4.69, 9.17) is 23.2 Å². The fourth-order valence-corrected chi connectivity index (χ4v) is 3.46. The summed E-state index contributed by atoms with van der Waals surface area (Å²) in [6.07, 6.45) is 2.77. The van der Waals surface area contributed by atoms with E-state index in [1.807, 2.05) is 12.1 Å². The summed E-state index contributed by atoms with van der Waals surface area (Å²) >= 11 is 12.3. The monoisotopic (exact) mass is 312 g/mol. The van der Waals surface area contributed by atoms with Gasteiger partial charge in [0.05, 0.1) is 0 Å². The van der Waals surface area contributed by atoms with Crippen molar-refractivity contribution in [2.24, 2.45) is 5.92 Å². The molecule has 1 aromatic rings. The normalized spacial score (nSPS) is 26.7. The average molecular weight is 313 g/mol. The largest absolute Gasteiger partial charge is 0.311 e. The van der Waals surface area contributed by atoms with Gasteiger partial charge < -0.3 is 5.32 Å². The zero-order valence-corrected chi connectivity index (χ0v) is 13.6. The third kappa shape index (κ3) is 3.14. The summed E-state index contributed by atoms with van der Waals surface area (Å²) < 4.78 is 0. The summed E-state index contributed by atoms with van der Waals surface area (Å²) in [5.74, 6) is 0.884. The topological polar surface area (TPSA) is 15.3 Å². The molecular weight excluding hydrogens is 291 g/mol. The van der Waals surface area contributed by atoms with Crippen LogP contribution in [0, 0.1) is 5.92 Å². The third-order valence-electron chi connectivity index (χ3n) is 4.64. The number of hydrogen-bond donors (Lipinski definition) is 1. The highest BCUT2D eigenvalue weighted by Crippen LogP contribution is 2.36. The maximum atomic E-state index is 6.33. The van der Waals surface area contributed by atoms with Crippen molar-refractivity contribution in [2.75, 3.05) is 13.1 Å². The fraction of sp³-hybridized carbons (Fsp3) is 0.625. The Morgan fingerprint density at radius 1 is 1.30 bits per heavy atom. The third-order valence-corrected chi connectivity index (χ3v) is 5.22. The zero-order valence-electron chi connectivity index (χ0n) is 12.1. The molecule has 1 heterocycles. The van der Waals surface area contributed by atoms with Crippen LogP contribution in [-0.2, 0) is 6.54 Å². The molecule has 1 unspecified atom stereocenters. The number of benzene rings is 1. The van der Waals surface area contributed by atoms with Gasteiger partial charge in [-0.2, -0.15) is 0 Å². The van der Waals surface area contributed by atoms with Crippen molar-refractivity contribution in [1.29, 1.82) is 0 Å². The molecule has 1 saturated heterocycles. The second kappa shape index (κ2) is 5.49. The number of piperazine rings is 1. The Labute approximate surface area is 131 Å². The first-order valence-corrected chi connectivity index (χ1v) is 8.14. The van der Waals surface area contributed by atoms with Gasteiger partial charge in [0.15, 0.2) is 0 Å². The maximum absolute atomic E-state index is 6.33. The van der Waals surface area contributed by atoms with Crippen LogP contribution in [0.3, 0.4) is 0 Å². The van der Waals surface area contributed by atoms with Crippen molar-refractivity contribution >= 4 is 23.2 Å². The van der Waals surface area contributed by atoms with Crippen LogP contribution in [0.5, 0.6) is 0 Å². The Balaban J connectivity index is 1.75. The highest BCUT2D eigenvalue weighted by molar-refractivity contribution is 6.35. The summed E-state index contributed by atoms with van der Waals surface area (Å²) in [6, 6.07) is 6.46. The Bertz CT molecular complexity index is 497. The molecule has 2 aliphatic rings. The van der Waals surface area contributed by atoms with E-state index in [2.05, 4.69) is 30.1 Å². The lowest BCUT2D eigenvalue weighted by Gasteiger charge is -2.46. The minimum atomic E-state index is 0.161. The van der Waals surface area contributed by atoms with Gasteiger partial charge in [-0.3, -0.25) is 4.90 Å². The minimum absolute atomic E-state index is 0.161. The molecule has 1 aliphatic heterocycles. The van der Waals surface area contributed by atoms with E-state index in [-0.39, 0.29) is 5.54 Å². The predicted octanol–water partition coefficient (Wildman–Crippen LogP) is 3.96. The lowest BCUT2D eigenvalue weighted by Crippen LogP contribution is -2.62. The Morgan fingerprint density at radius 3 is 2.70 bits per heavy atom. The van der Waals surface area contributed by atoms with Gasteiger partial charge >= 0.3 is 0 Å². The van der Waals surface area contributed by atoms with Crippen LogP contribution in [0.15, 0.2) is 18.2 Å². The van der Waals surface area contributed by atoms with Gasteiger partial charge in [0.25, 0.3) is 0 Å². The van der Waals surface area contributed by atoms with Crippen LogP contribution in [0.25, 0.3) is 0 Å². The Morgan fingerprint density at radius 2 is 2.05 bits per heavy atom. The molecule has 1 N–H and O–H groups in total. The molecule has 0 aromatic heterocycles. The molecular formula is C16H22Cl2N2. The van der Waals surface area contributed by atoms with Crippen LogP contribution in [-0.4, -0.2) is 29.6 Å². The zero-order chi connectivity index (χ0) is 14.3. The molecule has 1 atom stereocenters. The van der Waals surface area contributed by atoms with Crippen LogP contribution in [0.4, 0.5) is 0 Å². The molecule has 2 nitrogen and oxygen atoms in total. The van der Waals surface area contributed by atoms with Crippen LogP contribution in [0.2, 0.25) is 10.0 Å². The average Bonchev–Trinajstić information content (AvgIpc) is 3.19. The molecule has 4 heteroatoms. The van der Waals surface area contributed by atoms with E-state index in [0.29, 0.717) is 11.1 Å². The summed E-state index contributed by atoms with van der Waals surface area (Å²) in [4.78, 5) is 2.56. The van der Waals surface area contributed by atoms with Crippen LogP contribution in [0.1, 0.15) is 32.3 Å². The number of nitrogens with zero attached hydrogens (tertiary/aromatic N) is 1. The lowest BCUT2D eigenvalue weighted by atomic mass is 9.95. The lowest BCUT2D eigenvalue weighted by molar-refractivity contribution is 0.0534. The SMILES string of the molecule is CC1(C)CNC(C2CC2)CN1Cc1ccc(Cl)cc1Cl. The van der Waals surface area contributed by atoms with Crippen molar-refractivity contribution in [3.63, 3.8) is 0 Å². The summed E-state index contributed by atoms with van der Waals surface area (Å²) in [5.41, 5.74) is 1.33. The number of nitrogens with one attached hydrogen (secondary N) is 1. The maximum Gasteiger partial charge on any atom is 0.0465 e. The van der Waals surface area contributed by atoms with Crippen molar-refractivity contribution in [1.82, 2.24) is 10.2 Å². The minimum Gasteiger partial charge on any atom is -0.311 e. The molecule has 1 saturated carbocycles. The van der Waals surface area contributed by atoms with E-state index in [1.54, 1.807) is 0 Å². The predicted molar refractivity (Wildman–Crippen MR) is 85.5 cm³/mol. The van der Waals surface area contributed by atoms with Gasteiger partial charge in [-0.05, 0) is 50.3 Å². The summed E-state index contributed by atoms with van der Waals surface area (Å²) in [7, 11) is 0.